The van der Waals surface area contributed by atoms with Crippen molar-refractivity contribution in [2.75, 3.05) is 30.7 Å². The maximum atomic E-state index is 12.8. The Hall–Kier alpha value is -2.10. The number of rotatable bonds is 7. The summed E-state index contributed by atoms with van der Waals surface area (Å²) < 4.78 is 43.5. The standard InChI is InChI=1S/C14H22F3N5O2/c1-13(2,3)24-10(23)8-19-5-4-6-20-11-9(14(15,16)17)7-21-12(18)22-11/h7,19H,4-6,8H2,1-3H3,(H3,18,20,21,22). The second-order valence-electron chi connectivity index (χ2n) is 6.03. The summed E-state index contributed by atoms with van der Waals surface area (Å²) in [7, 11) is 0. The first kappa shape index (κ1) is 19.9. The summed E-state index contributed by atoms with van der Waals surface area (Å²) in [4.78, 5) is 18.4. The van der Waals surface area contributed by atoms with E-state index in [9.17, 15) is 18.0 Å². The Bertz CT molecular complexity index is 558. The number of carbonyl (C=O) groups excluding carboxylic acids is 1. The fourth-order valence-electron chi connectivity index (χ4n) is 1.73. The van der Waals surface area contributed by atoms with E-state index in [0.29, 0.717) is 19.2 Å². The molecule has 1 heterocycles. The maximum absolute atomic E-state index is 12.8. The minimum Gasteiger partial charge on any atom is -0.459 e. The van der Waals surface area contributed by atoms with E-state index in [1.54, 1.807) is 20.8 Å². The van der Waals surface area contributed by atoms with E-state index in [1.165, 1.54) is 0 Å². The number of carbonyl (C=O) groups is 1. The molecular formula is C14H22F3N5O2. The molecule has 1 aromatic heterocycles. The van der Waals surface area contributed by atoms with Gasteiger partial charge in [-0.05, 0) is 33.7 Å². The highest BCUT2D eigenvalue weighted by atomic mass is 19.4. The highest BCUT2D eigenvalue weighted by Gasteiger charge is 2.35. The van der Waals surface area contributed by atoms with Crippen molar-refractivity contribution >= 4 is 17.7 Å². The molecule has 1 aromatic rings. The van der Waals surface area contributed by atoms with Crippen LogP contribution in [0.3, 0.4) is 0 Å². The van der Waals surface area contributed by atoms with Crippen molar-refractivity contribution in [3.05, 3.63) is 11.8 Å². The molecule has 0 saturated carbocycles. The molecular weight excluding hydrogens is 327 g/mol. The second kappa shape index (κ2) is 8.13. The van der Waals surface area contributed by atoms with Crippen LogP contribution in [0.25, 0.3) is 0 Å². The van der Waals surface area contributed by atoms with Crippen LogP contribution in [0.4, 0.5) is 24.9 Å². The van der Waals surface area contributed by atoms with Crippen molar-refractivity contribution in [3.8, 4) is 0 Å². The second-order valence-corrected chi connectivity index (χ2v) is 6.03. The number of halogens is 3. The molecule has 4 N–H and O–H groups in total. The van der Waals surface area contributed by atoms with Gasteiger partial charge in [-0.1, -0.05) is 0 Å². The van der Waals surface area contributed by atoms with Gasteiger partial charge in [0, 0.05) is 12.7 Å². The molecule has 136 valence electrons. The molecule has 1 rings (SSSR count). The van der Waals surface area contributed by atoms with Crippen LogP contribution in [0, 0.1) is 0 Å². The van der Waals surface area contributed by atoms with Crippen LogP contribution in [-0.4, -0.2) is 41.2 Å². The minimum atomic E-state index is -4.56. The molecule has 0 atom stereocenters. The lowest BCUT2D eigenvalue weighted by atomic mass is 10.2. The minimum absolute atomic E-state index is 0.0333. The largest absolute Gasteiger partial charge is 0.459 e. The van der Waals surface area contributed by atoms with Gasteiger partial charge in [-0.2, -0.15) is 18.2 Å². The van der Waals surface area contributed by atoms with E-state index in [2.05, 4.69) is 20.6 Å². The van der Waals surface area contributed by atoms with Gasteiger partial charge in [-0.3, -0.25) is 4.79 Å². The SMILES string of the molecule is CC(C)(C)OC(=O)CNCCCNc1nc(N)ncc1C(F)(F)F. The summed E-state index contributed by atoms with van der Waals surface area (Å²) in [6.07, 6.45) is -3.44. The van der Waals surface area contributed by atoms with Crippen molar-refractivity contribution in [3.63, 3.8) is 0 Å². The molecule has 7 nitrogen and oxygen atoms in total. The number of alkyl halides is 3. The Morgan fingerprint density at radius 3 is 2.54 bits per heavy atom. The fourth-order valence-corrected chi connectivity index (χ4v) is 1.73. The zero-order chi connectivity index (χ0) is 18.4. The Morgan fingerprint density at radius 2 is 1.96 bits per heavy atom. The summed E-state index contributed by atoms with van der Waals surface area (Å²) in [5.74, 6) is -0.992. The quantitative estimate of drug-likeness (QED) is 0.510. The normalized spacial score (nSPS) is 12.1. The summed E-state index contributed by atoms with van der Waals surface area (Å²) >= 11 is 0. The number of hydrogen-bond acceptors (Lipinski definition) is 7. The molecule has 0 bridgehead atoms. The third kappa shape index (κ3) is 7.44. The summed E-state index contributed by atoms with van der Waals surface area (Å²) in [5.41, 5.74) is 3.79. The van der Waals surface area contributed by atoms with Crippen LogP contribution in [-0.2, 0) is 15.7 Å². The Morgan fingerprint density at radius 1 is 1.29 bits per heavy atom. The number of anilines is 2. The van der Waals surface area contributed by atoms with Gasteiger partial charge < -0.3 is 21.1 Å². The van der Waals surface area contributed by atoms with Gasteiger partial charge in [-0.25, -0.2) is 4.98 Å². The molecule has 0 aliphatic heterocycles. The topological polar surface area (TPSA) is 102 Å². The van der Waals surface area contributed by atoms with Crippen molar-refractivity contribution < 1.29 is 22.7 Å². The fraction of sp³-hybridized carbons (Fsp3) is 0.643. The maximum Gasteiger partial charge on any atom is 0.421 e. The Kier molecular flexibility index (Phi) is 6.76. The van der Waals surface area contributed by atoms with Gasteiger partial charge in [0.2, 0.25) is 5.95 Å². The number of nitrogens with one attached hydrogen (secondary N) is 2. The summed E-state index contributed by atoms with van der Waals surface area (Å²) in [6, 6.07) is 0. The number of nitrogens with zero attached hydrogens (tertiary/aromatic N) is 2. The van der Waals surface area contributed by atoms with Gasteiger partial charge in [0.05, 0.1) is 6.54 Å². The molecule has 0 aliphatic carbocycles. The Balaban J connectivity index is 2.36. The smallest absolute Gasteiger partial charge is 0.421 e. The average molecular weight is 349 g/mol. The number of ether oxygens (including phenoxy) is 1. The van der Waals surface area contributed by atoms with Crippen molar-refractivity contribution in [2.24, 2.45) is 0 Å². The third-order valence-corrected chi connectivity index (χ3v) is 2.62. The van der Waals surface area contributed by atoms with E-state index in [4.69, 9.17) is 10.5 Å². The van der Waals surface area contributed by atoms with Gasteiger partial charge in [-0.15, -0.1) is 0 Å². The molecule has 0 amide bonds. The average Bonchev–Trinajstić information content (AvgIpc) is 2.39. The lowest BCUT2D eigenvalue weighted by Crippen LogP contribution is -2.32. The lowest BCUT2D eigenvalue weighted by Gasteiger charge is -2.19. The first-order chi connectivity index (χ1) is 11.0. The van der Waals surface area contributed by atoms with Gasteiger partial charge in [0.1, 0.15) is 17.0 Å². The van der Waals surface area contributed by atoms with Crippen LogP contribution >= 0.6 is 0 Å². The van der Waals surface area contributed by atoms with Gasteiger partial charge in [0.25, 0.3) is 0 Å². The molecule has 0 saturated heterocycles. The highest BCUT2D eigenvalue weighted by Crippen LogP contribution is 2.33. The summed E-state index contributed by atoms with van der Waals surface area (Å²) in [6.45, 7) is 5.97. The van der Waals surface area contributed by atoms with Crippen molar-refractivity contribution in [1.82, 2.24) is 15.3 Å². The molecule has 0 radical (unpaired) electrons. The third-order valence-electron chi connectivity index (χ3n) is 2.62. The molecule has 0 aliphatic rings. The Labute approximate surface area is 138 Å². The van der Waals surface area contributed by atoms with E-state index in [0.717, 1.165) is 0 Å². The van der Waals surface area contributed by atoms with Gasteiger partial charge in [0.15, 0.2) is 0 Å². The molecule has 0 unspecified atom stereocenters. The van der Waals surface area contributed by atoms with Crippen LogP contribution in [0.5, 0.6) is 0 Å². The first-order valence-electron chi connectivity index (χ1n) is 7.35. The lowest BCUT2D eigenvalue weighted by molar-refractivity contribution is -0.153. The van der Waals surface area contributed by atoms with E-state index in [-0.39, 0.29) is 24.9 Å². The number of aromatic nitrogens is 2. The van der Waals surface area contributed by atoms with E-state index in [1.807, 2.05) is 0 Å². The van der Waals surface area contributed by atoms with Crippen LogP contribution in [0.2, 0.25) is 0 Å². The number of esters is 1. The van der Waals surface area contributed by atoms with Crippen LogP contribution in [0.15, 0.2) is 6.20 Å². The number of nitrogens with two attached hydrogens (primary N) is 1. The zero-order valence-corrected chi connectivity index (χ0v) is 13.8. The predicted molar refractivity (Wildman–Crippen MR) is 83.3 cm³/mol. The molecule has 0 fully saturated rings. The highest BCUT2D eigenvalue weighted by molar-refractivity contribution is 5.72. The van der Waals surface area contributed by atoms with Gasteiger partial charge >= 0.3 is 12.1 Å². The molecule has 0 spiro atoms. The monoisotopic (exact) mass is 349 g/mol. The van der Waals surface area contributed by atoms with Crippen molar-refractivity contribution in [1.29, 1.82) is 0 Å². The predicted octanol–water partition coefficient (Wildman–Crippen LogP) is 1.81. The summed E-state index contributed by atoms with van der Waals surface area (Å²) in [5, 5.41) is 5.44. The molecule has 0 aromatic carbocycles. The van der Waals surface area contributed by atoms with E-state index >= 15 is 0 Å². The van der Waals surface area contributed by atoms with Crippen LogP contribution in [0.1, 0.15) is 32.8 Å². The van der Waals surface area contributed by atoms with Crippen LogP contribution < -0.4 is 16.4 Å². The molecule has 24 heavy (non-hydrogen) atoms. The first-order valence-corrected chi connectivity index (χ1v) is 7.35. The van der Waals surface area contributed by atoms with E-state index < -0.39 is 23.3 Å². The zero-order valence-electron chi connectivity index (χ0n) is 13.8. The van der Waals surface area contributed by atoms with Crippen molar-refractivity contribution in [2.45, 2.75) is 39.0 Å². The molecule has 10 heteroatoms. The number of nitrogen functional groups attached to an aromatic ring is 1. The number of hydrogen-bond donors (Lipinski definition) is 3.